The molecule has 1 aromatic carbocycles. The Balaban J connectivity index is 2.02. The van der Waals surface area contributed by atoms with E-state index in [1.807, 2.05) is 0 Å². The molecule has 1 aromatic heterocycles. The first kappa shape index (κ1) is 14.7. The van der Waals surface area contributed by atoms with Crippen LogP contribution in [-0.2, 0) is 7.05 Å². The van der Waals surface area contributed by atoms with E-state index in [0.29, 0.717) is 42.4 Å². The molecule has 6 nitrogen and oxygen atoms in total. The van der Waals surface area contributed by atoms with Crippen LogP contribution in [0.15, 0.2) is 29.1 Å². The normalized spacial score (nSPS) is 17.7. The molecule has 0 saturated carbocycles. The Kier molecular flexibility index (Phi) is 3.48. The molecule has 22 heavy (non-hydrogen) atoms. The van der Waals surface area contributed by atoms with Crippen molar-refractivity contribution in [1.82, 2.24) is 14.7 Å². The van der Waals surface area contributed by atoms with Gasteiger partial charge in [0, 0.05) is 25.5 Å². The summed E-state index contributed by atoms with van der Waals surface area (Å²) in [5.74, 6) is -0.192. The summed E-state index contributed by atoms with van der Waals surface area (Å²) in [5, 5.41) is 15.2. The van der Waals surface area contributed by atoms with Crippen molar-refractivity contribution in [3.63, 3.8) is 0 Å². The molecule has 0 atom stereocenters. The molecule has 0 spiro atoms. The van der Waals surface area contributed by atoms with Crippen LogP contribution in [0.2, 0.25) is 0 Å². The van der Waals surface area contributed by atoms with Crippen LogP contribution < -0.4 is 5.56 Å². The lowest BCUT2D eigenvalue weighted by atomic mass is 9.93. The maximum atomic E-state index is 12.8. The first-order valence-corrected chi connectivity index (χ1v) is 7.37. The molecule has 0 unspecified atom stereocenters. The molecule has 3 rings (SSSR count). The largest absolute Gasteiger partial charge is 0.390 e. The predicted octanol–water partition coefficient (Wildman–Crippen LogP) is 0.921. The fourth-order valence-corrected chi connectivity index (χ4v) is 2.80. The third-order valence-corrected chi connectivity index (χ3v) is 4.29. The Bertz CT molecular complexity index is 785. The highest BCUT2D eigenvalue weighted by molar-refractivity contribution is 6.04. The van der Waals surface area contributed by atoms with E-state index >= 15 is 0 Å². The molecule has 1 amide bonds. The zero-order chi connectivity index (χ0) is 15.9. The molecule has 1 aliphatic heterocycles. The number of aromatic nitrogens is 2. The SMILES string of the molecule is Cn1nc(C(=O)N2CCC(C)(O)CC2)c2ccccc2c1=O. The minimum atomic E-state index is -0.712. The second-order valence-electron chi connectivity index (χ2n) is 6.11. The second-order valence-corrected chi connectivity index (χ2v) is 6.11. The van der Waals surface area contributed by atoms with E-state index < -0.39 is 5.60 Å². The number of nitrogens with zero attached hydrogens (tertiary/aromatic N) is 3. The molecule has 116 valence electrons. The summed E-state index contributed by atoms with van der Waals surface area (Å²) in [4.78, 5) is 26.6. The fraction of sp³-hybridized carbons (Fsp3) is 0.438. The quantitative estimate of drug-likeness (QED) is 0.850. The van der Waals surface area contributed by atoms with Gasteiger partial charge in [0.05, 0.1) is 11.0 Å². The van der Waals surface area contributed by atoms with Gasteiger partial charge in [-0.3, -0.25) is 9.59 Å². The summed E-state index contributed by atoms with van der Waals surface area (Å²) >= 11 is 0. The van der Waals surface area contributed by atoms with Gasteiger partial charge in [-0.2, -0.15) is 5.10 Å². The minimum absolute atomic E-state index is 0.192. The summed E-state index contributed by atoms with van der Waals surface area (Å²) in [6.45, 7) is 2.77. The molecular formula is C16H19N3O3. The summed E-state index contributed by atoms with van der Waals surface area (Å²) < 4.78 is 1.20. The Morgan fingerprint density at radius 1 is 1.23 bits per heavy atom. The van der Waals surface area contributed by atoms with Gasteiger partial charge in [0.1, 0.15) is 0 Å². The van der Waals surface area contributed by atoms with Gasteiger partial charge in [0.25, 0.3) is 11.5 Å². The van der Waals surface area contributed by atoms with Crippen molar-refractivity contribution >= 4 is 16.7 Å². The number of benzene rings is 1. The van der Waals surface area contributed by atoms with E-state index in [0.717, 1.165) is 0 Å². The zero-order valence-corrected chi connectivity index (χ0v) is 12.7. The lowest BCUT2D eigenvalue weighted by molar-refractivity contribution is -0.00218. The van der Waals surface area contributed by atoms with Gasteiger partial charge in [-0.25, -0.2) is 4.68 Å². The third kappa shape index (κ3) is 2.50. The van der Waals surface area contributed by atoms with Crippen LogP contribution in [0.4, 0.5) is 0 Å². The van der Waals surface area contributed by atoms with E-state index in [1.54, 1.807) is 43.1 Å². The third-order valence-electron chi connectivity index (χ3n) is 4.29. The summed E-state index contributed by atoms with van der Waals surface area (Å²) in [7, 11) is 1.55. The topological polar surface area (TPSA) is 75.4 Å². The highest BCUT2D eigenvalue weighted by atomic mass is 16.3. The number of aliphatic hydroxyl groups is 1. The monoisotopic (exact) mass is 301 g/mol. The van der Waals surface area contributed by atoms with Crippen molar-refractivity contribution in [2.75, 3.05) is 13.1 Å². The van der Waals surface area contributed by atoms with E-state index in [1.165, 1.54) is 4.68 Å². The van der Waals surface area contributed by atoms with Crippen LogP contribution in [0.25, 0.3) is 10.8 Å². The Morgan fingerprint density at radius 2 is 1.82 bits per heavy atom. The fourth-order valence-electron chi connectivity index (χ4n) is 2.80. The number of aryl methyl sites for hydroxylation is 1. The smallest absolute Gasteiger partial charge is 0.274 e. The van der Waals surface area contributed by atoms with Crippen molar-refractivity contribution < 1.29 is 9.90 Å². The van der Waals surface area contributed by atoms with Gasteiger partial charge < -0.3 is 10.0 Å². The Labute approximate surface area is 128 Å². The number of hydrogen-bond acceptors (Lipinski definition) is 4. The number of likely N-dealkylation sites (tertiary alicyclic amines) is 1. The van der Waals surface area contributed by atoms with Crippen molar-refractivity contribution in [2.45, 2.75) is 25.4 Å². The first-order chi connectivity index (χ1) is 10.4. The molecule has 2 aromatic rings. The van der Waals surface area contributed by atoms with E-state index in [-0.39, 0.29) is 11.5 Å². The van der Waals surface area contributed by atoms with Crippen molar-refractivity contribution in [2.24, 2.45) is 7.05 Å². The van der Waals surface area contributed by atoms with Crippen molar-refractivity contribution in [3.8, 4) is 0 Å². The average molecular weight is 301 g/mol. The molecule has 1 aliphatic rings. The second kappa shape index (κ2) is 5.21. The molecule has 1 saturated heterocycles. The maximum Gasteiger partial charge on any atom is 0.274 e. The molecule has 2 heterocycles. The highest BCUT2D eigenvalue weighted by Crippen LogP contribution is 2.23. The number of amides is 1. The number of hydrogen-bond donors (Lipinski definition) is 1. The first-order valence-electron chi connectivity index (χ1n) is 7.37. The molecule has 1 fully saturated rings. The van der Waals surface area contributed by atoms with Crippen LogP contribution >= 0.6 is 0 Å². The van der Waals surface area contributed by atoms with Crippen molar-refractivity contribution in [3.05, 3.63) is 40.3 Å². The van der Waals surface area contributed by atoms with Crippen LogP contribution in [0.3, 0.4) is 0 Å². The predicted molar refractivity (Wildman–Crippen MR) is 82.7 cm³/mol. The van der Waals surface area contributed by atoms with Crippen molar-refractivity contribution in [1.29, 1.82) is 0 Å². The Hall–Kier alpha value is -2.21. The van der Waals surface area contributed by atoms with Gasteiger partial charge >= 0.3 is 0 Å². The van der Waals surface area contributed by atoms with Crippen LogP contribution in [0, 0.1) is 0 Å². The minimum Gasteiger partial charge on any atom is -0.390 e. The number of fused-ring (bicyclic) bond motifs is 1. The van der Waals surface area contributed by atoms with Crippen LogP contribution in [-0.4, -0.2) is 44.4 Å². The number of carbonyl (C=O) groups is 1. The standard InChI is InChI=1S/C16H19N3O3/c1-16(22)7-9-19(10-8-16)15(21)13-11-5-3-4-6-12(11)14(20)18(2)17-13/h3-6,22H,7-10H2,1-2H3. The molecule has 1 N–H and O–H groups in total. The average Bonchev–Trinajstić information content (AvgIpc) is 2.50. The molecule has 0 aliphatic carbocycles. The van der Waals surface area contributed by atoms with Gasteiger partial charge in [-0.15, -0.1) is 0 Å². The van der Waals surface area contributed by atoms with E-state index in [9.17, 15) is 14.7 Å². The molecule has 6 heteroatoms. The van der Waals surface area contributed by atoms with Crippen LogP contribution in [0.5, 0.6) is 0 Å². The molecule has 0 radical (unpaired) electrons. The number of carbonyl (C=O) groups excluding carboxylic acids is 1. The van der Waals surface area contributed by atoms with Gasteiger partial charge in [-0.1, -0.05) is 18.2 Å². The molecular weight excluding hydrogens is 282 g/mol. The highest BCUT2D eigenvalue weighted by Gasteiger charge is 2.31. The Morgan fingerprint density at radius 3 is 2.45 bits per heavy atom. The molecule has 0 bridgehead atoms. The van der Waals surface area contributed by atoms with Gasteiger partial charge in [0.2, 0.25) is 0 Å². The summed E-state index contributed by atoms with van der Waals surface area (Å²) in [5.41, 5.74) is -0.636. The van der Waals surface area contributed by atoms with Gasteiger partial charge in [-0.05, 0) is 25.8 Å². The van der Waals surface area contributed by atoms with E-state index in [2.05, 4.69) is 5.10 Å². The summed E-state index contributed by atoms with van der Waals surface area (Å²) in [6.07, 6.45) is 1.09. The van der Waals surface area contributed by atoms with Crippen LogP contribution in [0.1, 0.15) is 30.3 Å². The zero-order valence-electron chi connectivity index (χ0n) is 12.7. The number of piperidine rings is 1. The van der Waals surface area contributed by atoms with Gasteiger partial charge in [0.15, 0.2) is 5.69 Å². The number of rotatable bonds is 1. The van der Waals surface area contributed by atoms with E-state index in [4.69, 9.17) is 0 Å². The maximum absolute atomic E-state index is 12.8. The lowest BCUT2D eigenvalue weighted by Gasteiger charge is -2.35. The lowest BCUT2D eigenvalue weighted by Crippen LogP contribution is -2.45. The summed E-state index contributed by atoms with van der Waals surface area (Å²) in [6, 6.07) is 7.02.